The molecule has 0 amide bonds. The van der Waals surface area contributed by atoms with Gasteiger partial charge >= 0.3 is 5.97 Å². The van der Waals surface area contributed by atoms with Crippen LogP contribution < -0.4 is 0 Å². The SMILES string of the molecule is CCC(C(=O)O)c1cccnc1CO. The molecule has 0 aromatic carbocycles. The molecule has 0 saturated heterocycles. The molecule has 2 N–H and O–H groups in total. The summed E-state index contributed by atoms with van der Waals surface area (Å²) in [6.45, 7) is 1.58. The number of aliphatic hydroxyl groups excluding tert-OH is 1. The highest BCUT2D eigenvalue weighted by molar-refractivity contribution is 5.76. The smallest absolute Gasteiger partial charge is 0.311 e. The van der Waals surface area contributed by atoms with E-state index in [2.05, 4.69) is 4.98 Å². The number of pyridine rings is 1. The second-order valence-corrected chi connectivity index (χ2v) is 3.00. The molecule has 1 aromatic heterocycles. The Labute approximate surface area is 82.2 Å². The molecule has 0 saturated carbocycles. The molecule has 0 fully saturated rings. The van der Waals surface area contributed by atoms with Crippen molar-refractivity contribution < 1.29 is 15.0 Å². The minimum Gasteiger partial charge on any atom is -0.481 e. The van der Waals surface area contributed by atoms with Crippen LogP contribution in [0.1, 0.15) is 30.5 Å². The van der Waals surface area contributed by atoms with Gasteiger partial charge in [-0.25, -0.2) is 0 Å². The monoisotopic (exact) mass is 195 g/mol. The lowest BCUT2D eigenvalue weighted by Crippen LogP contribution is -2.13. The van der Waals surface area contributed by atoms with Crippen molar-refractivity contribution in [2.45, 2.75) is 25.9 Å². The normalized spacial score (nSPS) is 12.4. The van der Waals surface area contributed by atoms with Crippen LogP contribution in [0.5, 0.6) is 0 Å². The van der Waals surface area contributed by atoms with Crippen molar-refractivity contribution in [1.29, 1.82) is 0 Å². The lowest BCUT2D eigenvalue weighted by atomic mass is 9.95. The summed E-state index contributed by atoms with van der Waals surface area (Å²) in [6, 6.07) is 3.38. The first-order chi connectivity index (χ1) is 6.70. The fourth-order valence-electron chi connectivity index (χ4n) is 1.43. The van der Waals surface area contributed by atoms with Crippen LogP contribution in [0.4, 0.5) is 0 Å². The Bertz CT molecular complexity index is 325. The fraction of sp³-hybridized carbons (Fsp3) is 0.400. The molecule has 1 rings (SSSR count). The van der Waals surface area contributed by atoms with Gasteiger partial charge in [0.2, 0.25) is 0 Å². The van der Waals surface area contributed by atoms with Crippen molar-refractivity contribution in [1.82, 2.24) is 4.98 Å². The van der Waals surface area contributed by atoms with Crippen molar-refractivity contribution >= 4 is 5.97 Å². The molecule has 0 aliphatic carbocycles. The van der Waals surface area contributed by atoms with E-state index in [9.17, 15) is 4.79 Å². The molecule has 0 bridgehead atoms. The highest BCUT2D eigenvalue weighted by Crippen LogP contribution is 2.22. The van der Waals surface area contributed by atoms with Gasteiger partial charge in [0.25, 0.3) is 0 Å². The average molecular weight is 195 g/mol. The Morgan fingerprint density at radius 3 is 2.86 bits per heavy atom. The molecular formula is C10H13NO3. The van der Waals surface area contributed by atoms with Gasteiger partial charge in [-0.15, -0.1) is 0 Å². The number of aliphatic hydroxyl groups is 1. The third-order valence-corrected chi connectivity index (χ3v) is 2.16. The van der Waals surface area contributed by atoms with E-state index in [0.717, 1.165) is 0 Å². The zero-order valence-electron chi connectivity index (χ0n) is 7.97. The van der Waals surface area contributed by atoms with E-state index in [0.29, 0.717) is 17.7 Å². The summed E-state index contributed by atoms with van der Waals surface area (Å²) in [5.74, 6) is -1.46. The first kappa shape index (κ1) is 10.7. The number of hydrogen-bond acceptors (Lipinski definition) is 3. The van der Waals surface area contributed by atoms with E-state index in [4.69, 9.17) is 10.2 Å². The third kappa shape index (κ3) is 2.09. The van der Waals surface area contributed by atoms with Crippen molar-refractivity contribution in [3.05, 3.63) is 29.6 Å². The minimum absolute atomic E-state index is 0.222. The van der Waals surface area contributed by atoms with Crippen LogP contribution in [-0.2, 0) is 11.4 Å². The largest absolute Gasteiger partial charge is 0.481 e. The number of carboxylic acid groups (broad SMARTS) is 1. The Hall–Kier alpha value is -1.42. The van der Waals surface area contributed by atoms with E-state index < -0.39 is 11.9 Å². The van der Waals surface area contributed by atoms with Crippen LogP contribution >= 0.6 is 0 Å². The molecule has 76 valence electrons. The Balaban J connectivity index is 3.08. The molecule has 1 atom stereocenters. The number of carboxylic acids is 1. The Morgan fingerprint density at radius 1 is 1.64 bits per heavy atom. The van der Waals surface area contributed by atoms with Gasteiger partial charge in [-0.2, -0.15) is 0 Å². The van der Waals surface area contributed by atoms with Crippen LogP contribution in [-0.4, -0.2) is 21.2 Å². The quantitative estimate of drug-likeness (QED) is 0.756. The maximum Gasteiger partial charge on any atom is 0.311 e. The second-order valence-electron chi connectivity index (χ2n) is 3.00. The van der Waals surface area contributed by atoms with Crippen LogP contribution in [0, 0.1) is 0 Å². The standard InChI is InChI=1S/C10H13NO3/c1-2-7(10(13)14)8-4-3-5-11-9(8)6-12/h3-5,7,12H,2,6H2,1H3,(H,13,14). The maximum atomic E-state index is 10.9. The average Bonchev–Trinajstić information content (AvgIpc) is 2.19. The molecule has 14 heavy (non-hydrogen) atoms. The highest BCUT2D eigenvalue weighted by Gasteiger charge is 2.20. The predicted molar refractivity (Wildman–Crippen MR) is 50.8 cm³/mol. The van der Waals surface area contributed by atoms with Crippen LogP contribution in [0.2, 0.25) is 0 Å². The third-order valence-electron chi connectivity index (χ3n) is 2.16. The van der Waals surface area contributed by atoms with Gasteiger partial charge in [0.05, 0.1) is 18.2 Å². The molecule has 0 aliphatic rings. The van der Waals surface area contributed by atoms with Crippen LogP contribution in [0.3, 0.4) is 0 Å². The summed E-state index contributed by atoms with van der Waals surface area (Å²) in [6.07, 6.45) is 2.04. The Kier molecular flexibility index (Phi) is 3.59. The number of nitrogens with zero attached hydrogens (tertiary/aromatic N) is 1. The second kappa shape index (κ2) is 4.72. The summed E-state index contributed by atoms with van der Waals surface area (Å²) in [7, 11) is 0. The molecule has 1 unspecified atom stereocenters. The summed E-state index contributed by atoms with van der Waals surface area (Å²) >= 11 is 0. The molecular weight excluding hydrogens is 182 g/mol. The summed E-state index contributed by atoms with van der Waals surface area (Å²) in [5.41, 5.74) is 1.05. The summed E-state index contributed by atoms with van der Waals surface area (Å²) in [5, 5.41) is 17.9. The molecule has 1 heterocycles. The van der Waals surface area contributed by atoms with Gasteiger partial charge in [0.1, 0.15) is 0 Å². The van der Waals surface area contributed by atoms with E-state index in [1.165, 1.54) is 0 Å². The molecule has 0 aliphatic heterocycles. The van der Waals surface area contributed by atoms with Crippen molar-refractivity contribution in [3.63, 3.8) is 0 Å². The Morgan fingerprint density at radius 2 is 2.36 bits per heavy atom. The van der Waals surface area contributed by atoms with Gasteiger partial charge in [0.15, 0.2) is 0 Å². The van der Waals surface area contributed by atoms with Crippen molar-refractivity contribution in [2.24, 2.45) is 0 Å². The summed E-state index contributed by atoms with van der Waals surface area (Å²) < 4.78 is 0. The van der Waals surface area contributed by atoms with Crippen LogP contribution in [0.15, 0.2) is 18.3 Å². The molecule has 4 heteroatoms. The van der Waals surface area contributed by atoms with Gasteiger partial charge in [0, 0.05) is 6.20 Å². The van der Waals surface area contributed by atoms with Crippen molar-refractivity contribution in [2.75, 3.05) is 0 Å². The minimum atomic E-state index is -0.879. The van der Waals surface area contributed by atoms with Gasteiger partial charge in [-0.3, -0.25) is 9.78 Å². The predicted octanol–water partition coefficient (Wildman–Crippen LogP) is 1.15. The molecule has 4 nitrogen and oxygen atoms in total. The highest BCUT2D eigenvalue weighted by atomic mass is 16.4. The molecule has 0 spiro atoms. The zero-order valence-corrected chi connectivity index (χ0v) is 7.97. The van der Waals surface area contributed by atoms with Gasteiger partial charge in [-0.1, -0.05) is 13.0 Å². The number of carbonyl (C=O) groups is 1. The number of rotatable bonds is 4. The van der Waals surface area contributed by atoms with E-state index in [1.807, 2.05) is 0 Å². The van der Waals surface area contributed by atoms with Gasteiger partial charge < -0.3 is 10.2 Å². The zero-order chi connectivity index (χ0) is 10.6. The molecule has 0 radical (unpaired) electrons. The van der Waals surface area contributed by atoms with Crippen LogP contribution in [0.25, 0.3) is 0 Å². The van der Waals surface area contributed by atoms with E-state index >= 15 is 0 Å². The number of aromatic nitrogens is 1. The number of hydrogen-bond donors (Lipinski definition) is 2. The van der Waals surface area contributed by atoms with Gasteiger partial charge in [-0.05, 0) is 18.1 Å². The first-order valence-electron chi connectivity index (χ1n) is 4.48. The van der Waals surface area contributed by atoms with E-state index in [1.54, 1.807) is 25.3 Å². The fourth-order valence-corrected chi connectivity index (χ4v) is 1.43. The first-order valence-corrected chi connectivity index (χ1v) is 4.48. The van der Waals surface area contributed by atoms with E-state index in [-0.39, 0.29) is 6.61 Å². The topological polar surface area (TPSA) is 70.4 Å². The molecule has 1 aromatic rings. The maximum absolute atomic E-state index is 10.9. The summed E-state index contributed by atoms with van der Waals surface area (Å²) in [4.78, 5) is 14.8. The lowest BCUT2D eigenvalue weighted by molar-refractivity contribution is -0.138. The lowest BCUT2D eigenvalue weighted by Gasteiger charge is -2.12. The van der Waals surface area contributed by atoms with Crippen molar-refractivity contribution in [3.8, 4) is 0 Å². The number of aliphatic carboxylic acids is 1.